The molecule has 2 fully saturated rings. The number of aliphatic hydroxyl groups is 1. The van der Waals surface area contributed by atoms with Gasteiger partial charge in [-0.3, -0.25) is 4.79 Å². The van der Waals surface area contributed by atoms with E-state index >= 15 is 0 Å². The summed E-state index contributed by atoms with van der Waals surface area (Å²) in [6.45, 7) is 2.26. The number of hydrogen-bond acceptors (Lipinski definition) is 5. The fourth-order valence-corrected chi connectivity index (χ4v) is 4.47. The largest absolute Gasteiger partial charge is 0.393 e. The summed E-state index contributed by atoms with van der Waals surface area (Å²) >= 11 is 0. The summed E-state index contributed by atoms with van der Waals surface area (Å²) in [4.78, 5) is 20.7. The van der Waals surface area contributed by atoms with E-state index in [0.717, 1.165) is 50.1 Å². The summed E-state index contributed by atoms with van der Waals surface area (Å²) in [7, 11) is 0. The number of amides is 1. The molecule has 6 nitrogen and oxygen atoms in total. The van der Waals surface area contributed by atoms with Crippen LogP contribution in [0.5, 0.6) is 0 Å². The van der Waals surface area contributed by atoms with Gasteiger partial charge in [-0.05, 0) is 63.2 Å². The van der Waals surface area contributed by atoms with E-state index in [4.69, 9.17) is 5.73 Å². The molecule has 2 atom stereocenters. The zero-order chi connectivity index (χ0) is 18.5. The van der Waals surface area contributed by atoms with Gasteiger partial charge in [0, 0.05) is 12.2 Å². The molecule has 0 radical (unpaired) electrons. The maximum Gasteiger partial charge on any atom is 0.252 e. The van der Waals surface area contributed by atoms with Crippen LogP contribution in [0, 0.1) is 11.8 Å². The normalized spacial score (nSPS) is 29.3. The number of aliphatic hydroxyl groups excluding tert-OH is 1. The van der Waals surface area contributed by atoms with Gasteiger partial charge in [0.05, 0.1) is 17.4 Å². The Balaban J connectivity index is 1.68. The number of nitrogens with zero attached hydrogens (tertiary/aromatic N) is 2. The number of carbonyl (C=O) groups is 1. The number of carbonyl (C=O) groups excluding carboxylic acids is 1. The Hall–Kier alpha value is -1.69. The summed E-state index contributed by atoms with van der Waals surface area (Å²) in [6, 6.07) is 0.404. The SMILES string of the molecule is CCC1CCC(Nc2ncc(C(N)=O)c(C[C@@H]3CCC[C@H](O)C3)n2)CC1. The molecule has 144 valence electrons. The van der Waals surface area contributed by atoms with E-state index in [1.165, 1.54) is 19.3 Å². The van der Waals surface area contributed by atoms with E-state index in [9.17, 15) is 9.90 Å². The highest BCUT2D eigenvalue weighted by atomic mass is 16.3. The molecule has 0 unspecified atom stereocenters. The number of anilines is 1. The molecular weight excluding hydrogens is 328 g/mol. The lowest BCUT2D eigenvalue weighted by molar-refractivity contribution is 0.0987. The minimum atomic E-state index is -0.480. The van der Waals surface area contributed by atoms with Crippen LogP contribution >= 0.6 is 0 Å². The van der Waals surface area contributed by atoms with Crippen LogP contribution in [0.3, 0.4) is 0 Å². The van der Waals surface area contributed by atoms with Crippen molar-refractivity contribution < 1.29 is 9.90 Å². The highest BCUT2D eigenvalue weighted by Crippen LogP contribution is 2.29. The summed E-state index contributed by atoms with van der Waals surface area (Å²) in [5.41, 5.74) is 6.65. The molecule has 2 saturated carbocycles. The molecule has 1 aromatic heterocycles. The molecule has 2 aliphatic rings. The maximum atomic E-state index is 11.8. The molecule has 4 N–H and O–H groups in total. The van der Waals surface area contributed by atoms with Crippen LogP contribution in [0.4, 0.5) is 5.95 Å². The van der Waals surface area contributed by atoms with Crippen LogP contribution in [-0.2, 0) is 6.42 Å². The van der Waals surface area contributed by atoms with Crippen molar-refractivity contribution in [1.82, 2.24) is 9.97 Å². The molecule has 2 aliphatic carbocycles. The van der Waals surface area contributed by atoms with Gasteiger partial charge in [0.15, 0.2) is 0 Å². The van der Waals surface area contributed by atoms with Crippen LogP contribution in [0.1, 0.15) is 80.8 Å². The Morgan fingerprint density at radius 1 is 1.23 bits per heavy atom. The second-order valence-electron chi connectivity index (χ2n) is 8.08. The van der Waals surface area contributed by atoms with Crippen LogP contribution in [-0.4, -0.2) is 33.1 Å². The van der Waals surface area contributed by atoms with Gasteiger partial charge in [-0.15, -0.1) is 0 Å². The molecule has 6 heteroatoms. The number of nitrogens with two attached hydrogens (primary N) is 1. The van der Waals surface area contributed by atoms with E-state index in [1.54, 1.807) is 6.20 Å². The van der Waals surface area contributed by atoms with Gasteiger partial charge < -0.3 is 16.2 Å². The van der Waals surface area contributed by atoms with Crippen molar-refractivity contribution >= 4 is 11.9 Å². The van der Waals surface area contributed by atoms with Crippen molar-refractivity contribution in [1.29, 1.82) is 0 Å². The molecule has 1 heterocycles. The van der Waals surface area contributed by atoms with Gasteiger partial charge >= 0.3 is 0 Å². The van der Waals surface area contributed by atoms with Gasteiger partial charge in [-0.2, -0.15) is 0 Å². The number of primary amides is 1. The standard InChI is InChI=1S/C20H32N4O2/c1-2-13-6-8-15(9-7-13)23-20-22-12-17(19(21)26)18(24-20)11-14-4-3-5-16(25)10-14/h12-16,25H,2-11H2,1H3,(H2,21,26)(H,22,23,24)/t13?,14-,15?,16+/m1/s1. The molecule has 1 aromatic rings. The smallest absolute Gasteiger partial charge is 0.252 e. The van der Waals surface area contributed by atoms with E-state index in [0.29, 0.717) is 29.9 Å². The van der Waals surface area contributed by atoms with Crippen LogP contribution < -0.4 is 11.1 Å². The lowest BCUT2D eigenvalue weighted by atomic mass is 9.84. The van der Waals surface area contributed by atoms with Crippen molar-refractivity contribution in [2.45, 2.75) is 83.3 Å². The quantitative estimate of drug-likeness (QED) is 0.724. The maximum absolute atomic E-state index is 11.8. The molecule has 1 amide bonds. The lowest BCUT2D eigenvalue weighted by Gasteiger charge is -2.29. The molecule has 26 heavy (non-hydrogen) atoms. The topological polar surface area (TPSA) is 101 Å². The minimum Gasteiger partial charge on any atom is -0.393 e. The summed E-state index contributed by atoms with van der Waals surface area (Å²) in [5.74, 6) is 1.31. The van der Waals surface area contributed by atoms with Crippen molar-refractivity contribution in [2.24, 2.45) is 17.6 Å². The first-order chi connectivity index (χ1) is 12.5. The van der Waals surface area contributed by atoms with Crippen molar-refractivity contribution in [3.05, 3.63) is 17.5 Å². The number of rotatable bonds is 6. The molecule has 0 spiro atoms. The third kappa shape index (κ3) is 4.93. The molecule has 0 aliphatic heterocycles. The lowest BCUT2D eigenvalue weighted by Crippen LogP contribution is -2.28. The monoisotopic (exact) mass is 360 g/mol. The molecule has 0 saturated heterocycles. The predicted molar refractivity (Wildman–Crippen MR) is 102 cm³/mol. The Bertz CT molecular complexity index is 614. The molecular formula is C20H32N4O2. The van der Waals surface area contributed by atoms with Crippen LogP contribution in [0.25, 0.3) is 0 Å². The second kappa shape index (κ2) is 8.80. The Morgan fingerprint density at radius 2 is 2.00 bits per heavy atom. The van der Waals surface area contributed by atoms with E-state index in [-0.39, 0.29) is 6.10 Å². The Morgan fingerprint density at radius 3 is 2.65 bits per heavy atom. The molecule has 0 aromatic carbocycles. The highest BCUT2D eigenvalue weighted by Gasteiger charge is 2.24. The number of nitrogens with one attached hydrogen (secondary N) is 1. The Kier molecular flexibility index (Phi) is 6.46. The van der Waals surface area contributed by atoms with Gasteiger partial charge in [-0.25, -0.2) is 9.97 Å². The van der Waals surface area contributed by atoms with Crippen LogP contribution in [0.2, 0.25) is 0 Å². The summed E-state index contributed by atoms with van der Waals surface area (Å²) in [5, 5.41) is 13.4. The highest BCUT2D eigenvalue weighted by molar-refractivity contribution is 5.93. The third-order valence-corrected chi connectivity index (χ3v) is 6.13. The average Bonchev–Trinajstić information content (AvgIpc) is 2.62. The first-order valence-electron chi connectivity index (χ1n) is 10.2. The fraction of sp³-hybridized carbons (Fsp3) is 0.750. The average molecular weight is 361 g/mol. The molecule has 3 rings (SSSR count). The summed E-state index contributed by atoms with van der Waals surface area (Å²) in [6.07, 6.45) is 11.8. The zero-order valence-electron chi connectivity index (χ0n) is 15.8. The third-order valence-electron chi connectivity index (χ3n) is 6.13. The number of aromatic nitrogens is 2. The van der Waals surface area contributed by atoms with E-state index in [1.807, 2.05) is 0 Å². The van der Waals surface area contributed by atoms with Crippen molar-refractivity contribution in [2.75, 3.05) is 5.32 Å². The van der Waals surface area contributed by atoms with Gasteiger partial charge in [0.2, 0.25) is 5.95 Å². The van der Waals surface area contributed by atoms with E-state index in [2.05, 4.69) is 22.2 Å². The van der Waals surface area contributed by atoms with Gasteiger partial charge in [0.1, 0.15) is 0 Å². The fourth-order valence-electron chi connectivity index (χ4n) is 4.47. The number of hydrogen-bond donors (Lipinski definition) is 3. The van der Waals surface area contributed by atoms with Crippen molar-refractivity contribution in [3.63, 3.8) is 0 Å². The second-order valence-corrected chi connectivity index (χ2v) is 8.08. The van der Waals surface area contributed by atoms with E-state index < -0.39 is 5.91 Å². The predicted octanol–water partition coefficient (Wildman–Crippen LogP) is 3.05. The molecule has 0 bridgehead atoms. The van der Waals surface area contributed by atoms with Gasteiger partial charge in [0.25, 0.3) is 5.91 Å². The first kappa shape index (κ1) is 19.1. The first-order valence-corrected chi connectivity index (χ1v) is 10.2. The minimum absolute atomic E-state index is 0.237. The summed E-state index contributed by atoms with van der Waals surface area (Å²) < 4.78 is 0. The zero-order valence-corrected chi connectivity index (χ0v) is 15.8. The Labute approximate surface area is 156 Å². The van der Waals surface area contributed by atoms with Crippen LogP contribution in [0.15, 0.2) is 6.20 Å². The van der Waals surface area contributed by atoms with Crippen molar-refractivity contribution in [3.8, 4) is 0 Å². The van der Waals surface area contributed by atoms with Gasteiger partial charge in [-0.1, -0.05) is 19.8 Å².